The first-order valence-electron chi connectivity index (χ1n) is 7.67. The molecule has 0 radical (unpaired) electrons. The molecule has 1 aromatic rings. The predicted molar refractivity (Wildman–Crippen MR) is 90.5 cm³/mol. The summed E-state index contributed by atoms with van der Waals surface area (Å²) >= 11 is 3.45. The smallest absolute Gasteiger partial charge is 0.311 e. The Morgan fingerprint density at radius 3 is 2.55 bits per heavy atom. The molecule has 2 rings (SSSR count). The lowest BCUT2D eigenvalue weighted by Crippen LogP contribution is -2.40. The monoisotopic (exact) mass is 366 g/mol. The molecule has 1 saturated heterocycles. The van der Waals surface area contributed by atoms with Crippen LogP contribution in [0.2, 0.25) is 0 Å². The van der Waals surface area contributed by atoms with Crippen molar-refractivity contribution in [3.63, 3.8) is 0 Å². The number of ether oxygens (including phenoxy) is 2. The van der Waals surface area contributed by atoms with Crippen molar-refractivity contribution >= 4 is 21.9 Å². The van der Waals surface area contributed by atoms with Crippen LogP contribution in [0.1, 0.15) is 38.9 Å². The minimum atomic E-state index is -0.228. The fraction of sp³-hybridized carbons (Fsp3) is 0.500. The van der Waals surface area contributed by atoms with Crippen LogP contribution in [-0.4, -0.2) is 18.7 Å². The van der Waals surface area contributed by atoms with Gasteiger partial charge >= 0.3 is 5.97 Å². The summed E-state index contributed by atoms with van der Waals surface area (Å²) in [5.74, 6) is -0.282. The van der Waals surface area contributed by atoms with E-state index >= 15 is 0 Å². The van der Waals surface area contributed by atoms with Gasteiger partial charge in [-0.15, -0.1) is 0 Å². The third kappa shape index (κ3) is 3.79. The standard InChI is InChI=1S/C18H23BrO3/c1-5-21-18(20)16-10-15(11(2)3)17(22-12(16)4)13-6-8-14(19)9-7-13/h6-9,12,15-17H,2,5,10H2,1,3-4H3/t12-,15+,16-,17+/m1/s1. The topological polar surface area (TPSA) is 35.5 Å². The fourth-order valence-electron chi connectivity index (χ4n) is 2.97. The number of halogens is 1. The first-order valence-corrected chi connectivity index (χ1v) is 8.46. The molecule has 0 bridgehead atoms. The van der Waals surface area contributed by atoms with Gasteiger partial charge in [0.25, 0.3) is 0 Å². The Hall–Kier alpha value is -1.13. The fourth-order valence-corrected chi connectivity index (χ4v) is 3.23. The Bertz CT molecular complexity index is 538. The van der Waals surface area contributed by atoms with Crippen molar-refractivity contribution in [3.8, 4) is 0 Å². The van der Waals surface area contributed by atoms with E-state index in [4.69, 9.17) is 9.47 Å². The maximum atomic E-state index is 12.1. The highest BCUT2D eigenvalue weighted by Crippen LogP contribution is 2.42. The average Bonchev–Trinajstić information content (AvgIpc) is 2.47. The van der Waals surface area contributed by atoms with Crippen LogP contribution >= 0.6 is 15.9 Å². The number of carbonyl (C=O) groups excluding carboxylic acids is 1. The van der Waals surface area contributed by atoms with E-state index in [1.807, 2.05) is 32.9 Å². The van der Waals surface area contributed by atoms with Crippen molar-refractivity contribution in [1.82, 2.24) is 0 Å². The molecule has 0 saturated carbocycles. The van der Waals surface area contributed by atoms with E-state index < -0.39 is 0 Å². The van der Waals surface area contributed by atoms with Crippen LogP contribution < -0.4 is 0 Å². The lowest BCUT2D eigenvalue weighted by molar-refractivity contribution is -0.166. The minimum Gasteiger partial charge on any atom is -0.466 e. The van der Waals surface area contributed by atoms with Crippen molar-refractivity contribution in [2.75, 3.05) is 6.61 Å². The summed E-state index contributed by atoms with van der Waals surface area (Å²) in [5, 5.41) is 0. The number of hydrogen-bond acceptors (Lipinski definition) is 3. The highest BCUT2D eigenvalue weighted by molar-refractivity contribution is 9.10. The van der Waals surface area contributed by atoms with Crippen LogP contribution in [0.15, 0.2) is 40.9 Å². The Balaban J connectivity index is 2.23. The van der Waals surface area contributed by atoms with Gasteiger partial charge in [0, 0.05) is 10.4 Å². The second-order valence-corrected chi connectivity index (χ2v) is 6.78. The summed E-state index contributed by atoms with van der Waals surface area (Å²) in [6.07, 6.45) is 0.491. The highest BCUT2D eigenvalue weighted by atomic mass is 79.9. The quantitative estimate of drug-likeness (QED) is 0.573. The maximum absolute atomic E-state index is 12.1. The predicted octanol–water partition coefficient (Wildman–Crippen LogP) is 4.67. The summed E-state index contributed by atoms with van der Waals surface area (Å²) in [5.41, 5.74) is 2.15. The van der Waals surface area contributed by atoms with E-state index in [2.05, 4.69) is 34.6 Å². The molecule has 3 nitrogen and oxygen atoms in total. The molecule has 1 aliphatic rings. The summed E-state index contributed by atoms with van der Waals surface area (Å²) in [6.45, 7) is 10.3. The highest BCUT2D eigenvalue weighted by Gasteiger charge is 2.41. The zero-order chi connectivity index (χ0) is 16.3. The number of rotatable bonds is 4. The molecule has 1 heterocycles. The van der Waals surface area contributed by atoms with Gasteiger partial charge in [-0.2, -0.15) is 0 Å². The number of esters is 1. The molecule has 4 atom stereocenters. The molecule has 0 spiro atoms. The van der Waals surface area contributed by atoms with Gasteiger partial charge in [-0.25, -0.2) is 0 Å². The van der Waals surface area contributed by atoms with Crippen LogP contribution in [0.3, 0.4) is 0 Å². The molecule has 0 amide bonds. The lowest BCUT2D eigenvalue weighted by atomic mass is 9.78. The molecule has 0 aromatic heterocycles. The van der Waals surface area contributed by atoms with Crippen molar-refractivity contribution in [2.45, 2.75) is 39.4 Å². The zero-order valence-electron chi connectivity index (χ0n) is 13.3. The molecule has 120 valence electrons. The first-order chi connectivity index (χ1) is 10.4. The molecule has 0 unspecified atom stereocenters. The van der Waals surface area contributed by atoms with Crippen molar-refractivity contribution < 1.29 is 14.3 Å². The number of carbonyl (C=O) groups is 1. The van der Waals surface area contributed by atoms with Crippen molar-refractivity contribution in [1.29, 1.82) is 0 Å². The zero-order valence-corrected chi connectivity index (χ0v) is 14.9. The maximum Gasteiger partial charge on any atom is 0.311 e. The largest absolute Gasteiger partial charge is 0.466 e. The normalized spacial score (nSPS) is 28.2. The van der Waals surface area contributed by atoms with E-state index in [0.29, 0.717) is 6.61 Å². The van der Waals surface area contributed by atoms with E-state index in [9.17, 15) is 4.79 Å². The van der Waals surface area contributed by atoms with E-state index in [1.54, 1.807) is 0 Å². The van der Waals surface area contributed by atoms with Crippen LogP contribution in [-0.2, 0) is 14.3 Å². The first kappa shape index (κ1) is 17.2. The van der Waals surface area contributed by atoms with Gasteiger partial charge in [0.1, 0.15) is 0 Å². The summed E-state index contributed by atoms with van der Waals surface area (Å²) in [6, 6.07) is 8.14. The molecule has 4 heteroatoms. The summed E-state index contributed by atoms with van der Waals surface area (Å²) in [7, 11) is 0. The van der Waals surface area contributed by atoms with Gasteiger partial charge in [0.05, 0.1) is 24.7 Å². The van der Waals surface area contributed by atoms with Crippen molar-refractivity contribution in [3.05, 3.63) is 46.5 Å². The molecule has 0 aliphatic carbocycles. The van der Waals surface area contributed by atoms with Crippen LogP contribution in [0, 0.1) is 11.8 Å². The second-order valence-electron chi connectivity index (χ2n) is 5.86. The van der Waals surface area contributed by atoms with E-state index in [-0.39, 0.29) is 30.0 Å². The molecular formula is C18H23BrO3. The number of hydrogen-bond donors (Lipinski definition) is 0. The van der Waals surface area contributed by atoms with Gasteiger partial charge in [0.2, 0.25) is 0 Å². The molecular weight excluding hydrogens is 344 g/mol. The number of benzene rings is 1. The van der Waals surface area contributed by atoms with E-state index in [1.165, 1.54) is 0 Å². The average molecular weight is 367 g/mol. The third-order valence-corrected chi connectivity index (χ3v) is 4.75. The summed E-state index contributed by atoms with van der Waals surface area (Å²) < 4.78 is 12.4. The van der Waals surface area contributed by atoms with Crippen LogP contribution in [0.4, 0.5) is 0 Å². The molecule has 1 fully saturated rings. The second kappa shape index (κ2) is 7.42. The molecule has 0 N–H and O–H groups in total. The summed E-state index contributed by atoms with van der Waals surface area (Å²) in [4.78, 5) is 12.1. The van der Waals surface area contributed by atoms with Gasteiger partial charge in [-0.3, -0.25) is 4.79 Å². The molecule has 1 aliphatic heterocycles. The van der Waals surface area contributed by atoms with Crippen LogP contribution in [0.5, 0.6) is 0 Å². The van der Waals surface area contributed by atoms with Gasteiger partial charge < -0.3 is 9.47 Å². The Labute approximate surface area is 140 Å². The lowest BCUT2D eigenvalue weighted by Gasteiger charge is -2.40. The molecule has 1 aromatic carbocycles. The Morgan fingerprint density at radius 2 is 2.00 bits per heavy atom. The van der Waals surface area contributed by atoms with Gasteiger partial charge in [0.15, 0.2) is 0 Å². The minimum absolute atomic E-state index is 0.0636. The van der Waals surface area contributed by atoms with E-state index in [0.717, 1.165) is 22.0 Å². The van der Waals surface area contributed by atoms with Gasteiger partial charge in [-0.05, 0) is 44.9 Å². The third-order valence-electron chi connectivity index (χ3n) is 4.22. The van der Waals surface area contributed by atoms with Gasteiger partial charge in [-0.1, -0.05) is 40.2 Å². The van der Waals surface area contributed by atoms with Crippen molar-refractivity contribution in [2.24, 2.45) is 11.8 Å². The van der Waals surface area contributed by atoms with Crippen LogP contribution in [0.25, 0.3) is 0 Å². The Morgan fingerprint density at radius 1 is 1.36 bits per heavy atom. The molecule has 22 heavy (non-hydrogen) atoms. The Kier molecular flexibility index (Phi) is 5.81. The SMILES string of the molecule is C=C(C)[C@@H]1C[C@@H](C(=O)OCC)[C@@H](C)O[C@H]1c1ccc(Br)cc1.